The first-order chi connectivity index (χ1) is 14.6. The molecule has 1 aliphatic heterocycles. The van der Waals surface area contributed by atoms with E-state index in [-0.39, 0.29) is 12.4 Å². The predicted octanol–water partition coefficient (Wildman–Crippen LogP) is 4.45. The predicted molar refractivity (Wildman–Crippen MR) is 114 cm³/mol. The molecule has 6 heteroatoms. The Balaban J connectivity index is 1.56. The van der Waals surface area contributed by atoms with Crippen LogP contribution in [0.25, 0.3) is 6.08 Å². The van der Waals surface area contributed by atoms with E-state index in [2.05, 4.69) is 0 Å². The summed E-state index contributed by atoms with van der Waals surface area (Å²) < 4.78 is 18.5. The molecule has 0 fully saturated rings. The van der Waals surface area contributed by atoms with Crippen molar-refractivity contribution in [2.24, 2.45) is 0 Å². The molecule has 4 rings (SSSR count). The van der Waals surface area contributed by atoms with Gasteiger partial charge >= 0.3 is 0 Å². The van der Waals surface area contributed by atoms with Crippen LogP contribution in [0.1, 0.15) is 27.0 Å². The summed E-state index contributed by atoms with van der Waals surface area (Å²) in [4.78, 5) is 12.9. The van der Waals surface area contributed by atoms with Crippen molar-refractivity contribution in [1.29, 1.82) is 0 Å². The number of hydrogen-bond donors (Lipinski definition) is 0. The number of rotatable bonds is 5. The van der Waals surface area contributed by atoms with Crippen LogP contribution in [-0.2, 0) is 17.9 Å². The minimum atomic E-state index is -0.176. The number of methoxy groups -OCH3 is 2. The molecule has 2 aromatic carbocycles. The third-order valence-corrected chi connectivity index (χ3v) is 5.38. The molecular weight excluding hydrogens is 402 g/mol. The number of nitrogens with zero attached hydrogens (tertiary/aromatic N) is 1. The Hall–Kier alpha value is -3.31. The topological polar surface area (TPSA) is 48.6 Å². The SMILES string of the molecule is COc1ccc2c(c1OC)CO/C(=C\c1cc[n+](Cc3ccccc3Cl)cc1)C2=O. The number of hydrogen-bond acceptors (Lipinski definition) is 4. The van der Waals surface area contributed by atoms with Gasteiger partial charge in [-0.05, 0) is 29.8 Å². The van der Waals surface area contributed by atoms with Gasteiger partial charge in [-0.1, -0.05) is 29.8 Å². The van der Waals surface area contributed by atoms with Crippen LogP contribution in [0, 0.1) is 0 Å². The first-order valence-corrected chi connectivity index (χ1v) is 9.84. The largest absolute Gasteiger partial charge is 0.493 e. The average molecular weight is 423 g/mol. The van der Waals surface area contributed by atoms with E-state index in [4.69, 9.17) is 25.8 Å². The lowest BCUT2D eigenvalue weighted by Crippen LogP contribution is -2.33. The van der Waals surface area contributed by atoms with Gasteiger partial charge in [0.2, 0.25) is 5.78 Å². The fourth-order valence-electron chi connectivity index (χ4n) is 3.45. The number of allylic oxidation sites excluding steroid dienone is 1. The van der Waals surface area contributed by atoms with Gasteiger partial charge in [-0.2, -0.15) is 0 Å². The Morgan fingerprint density at radius 1 is 1.07 bits per heavy atom. The van der Waals surface area contributed by atoms with E-state index in [0.717, 1.165) is 16.1 Å². The summed E-state index contributed by atoms with van der Waals surface area (Å²) in [7, 11) is 3.12. The molecule has 0 atom stereocenters. The fraction of sp³-hybridized carbons (Fsp3) is 0.167. The number of pyridine rings is 1. The normalized spacial score (nSPS) is 14.2. The molecule has 0 bridgehead atoms. The molecule has 0 aliphatic carbocycles. The molecule has 0 spiro atoms. The van der Waals surface area contributed by atoms with Crippen molar-refractivity contribution in [1.82, 2.24) is 0 Å². The second kappa shape index (κ2) is 8.59. The van der Waals surface area contributed by atoms with E-state index < -0.39 is 0 Å². The Bertz CT molecular complexity index is 1120. The van der Waals surface area contributed by atoms with E-state index >= 15 is 0 Å². The van der Waals surface area contributed by atoms with Crippen LogP contribution in [0.3, 0.4) is 0 Å². The van der Waals surface area contributed by atoms with Gasteiger partial charge in [0.05, 0.1) is 19.2 Å². The standard InChI is InChI=1S/C24H21ClNO4/c1-28-21-8-7-18-19(24(21)29-2)15-30-22(23(18)27)13-16-9-11-26(12-10-16)14-17-5-3-4-6-20(17)25/h3-13H,14-15H2,1-2H3/q+1/b22-13-. The van der Waals surface area contributed by atoms with Gasteiger partial charge in [-0.15, -0.1) is 0 Å². The number of ether oxygens (including phenoxy) is 3. The van der Waals surface area contributed by atoms with Crippen molar-refractivity contribution in [2.45, 2.75) is 13.2 Å². The van der Waals surface area contributed by atoms with Crippen molar-refractivity contribution >= 4 is 23.5 Å². The van der Waals surface area contributed by atoms with Gasteiger partial charge in [0.25, 0.3) is 0 Å². The molecule has 0 amide bonds. The van der Waals surface area contributed by atoms with Gasteiger partial charge in [0.1, 0.15) is 6.61 Å². The van der Waals surface area contributed by atoms with E-state index in [1.165, 1.54) is 0 Å². The van der Waals surface area contributed by atoms with Gasteiger partial charge < -0.3 is 14.2 Å². The third kappa shape index (κ3) is 3.89. The van der Waals surface area contributed by atoms with Gasteiger partial charge in [0, 0.05) is 28.8 Å². The first kappa shape index (κ1) is 20.0. The molecule has 0 saturated carbocycles. The molecule has 0 radical (unpaired) electrons. The monoisotopic (exact) mass is 422 g/mol. The molecule has 0 unspecified atom stereocenters. The van der Waals surface area contributed by atoms with Crippen LogP contribution in [0.15, 0.2) is 66.7 Å². The second-order valence-electron chi connectivity index (χ2n) is 6.85. The maximum absolute atomic E-state index is 12.9. The lowest BCUT2D eigenvalue weighted by molar-refractivity contribution is -0.688. The number of fused-ring (bicyclic) bond motifs is 1. The highest BCUT2D eigenvalue weighted by Gasteiger charge is 2.28. The Labute approximate surface area is 180 Å². The number of halogens is 1. The van der Waals surface area contributed by atoms with Gasteiger partial charge in [0.15, 0.2) is 36.2 Å². The zero-order valence-electron chi connectivity index (χ0n) is 16.7. The maximum atomic E-state index is 12.9. The van der Waals surface area contributed by atoms with Crippen molar-refractivity contribution in [3.8, 4) is 11.5 Å². The highest BCUT2D eigenvalue weighted by atomic mass is 35.5. The van der Waals surface area contributed by atoms with E-state index in [1.54, 1.807) is 32.4 Å². The Morgan fingerprint density at radius 2 is 1.83 bits per heavy atom. The molecule has 0 N–H and O–H groups in total. The molecule has 30 heavy (non-hydrogen) atoms. The molecule has 0 saturated heterocycles. The fourth-order valence-corrected chi connectivity index (χ4v) is 3.64. The highest BCUT2D eigenvalue weighted by molar-refractivity contribution is 6.31. The number of ketones is 1. The number of carbonyl (C=O) groups excluding carboxylic acids is 1. The molecule has 1 aliphatic rings. The minimum absolute atomic E-state index is 0.176. The van der Waals surface area contributed by atoms with Crippen molar-refractivity contribution in [2.75, 3.05) is 14.2 Å². The van der Waals surface area contributed by atoms with Gasteiger partial charge in [-0.25, -0.2) is 4.57 Å². The summed E-state index contributed by atoms with van der Waals surface area (Å²) in [6.45, 7) is 0.910. The van der Waals surface area contributed by atoms with Crippen LogP contribution in [0.5, 0.6) is 11.5 Å². The van der Waals surface area contributed by atoms with Crippen molar-refractivity contribution < 1.29 is 23.6 Å². The second-order valence-corrected chi connectivity index (χ2v) is 7.26. The number of benzene rings is 2. The average Bonchev–Trinajstić information content (AvgIpc) is 2.77. The maximum Gasteiger partial charge on any atom is 0.228 e. The van der Waals surface area contributed by atoms with E-state index in [1.807, 2.05) is 53.4 Å². The summed E-state index contributed by atoms with van der Waals surface area (Å²) >= 11 is 6.24. The number of Topliss-reactive ketones (excluding diaryl/α,β-unsaturated/α-hetero) is 1. The quantitative estimate of drug-likeness (QED) is 0.450. The van der Waals surface area contributed by atoms with Crippen LogP contribution in [0.2, 0.25) is 5.02 Å². The number of aromatic nitrogens is 1. The van der Waals surface area contributed by atoms with Crippen LogP contribution < -0.4 is 14.0 Å². The zero-order valence-corrected chi connectivity index (χ0v) is 17.5. The zero-order chi connectivity index (χ0) is 21.1. The summed E-state index contributed by atoms with van der Waals surface area (Å²) in [5.74, 6) is 1.23. The van der Waals surface area contributed by atoms with Crippen LogP contribution >= 0.6 is 11.6 Å². The van der Waals surface area contributed by atoms with Crippen molar-refractivity contribution in [3.63, 3.8) is 0 Å². The molecule has 2 heterocycles. The first-order valence-electron chi connectivity index (χ1n) is 9.46. The highest BCUT2D eigenvalue weighted by Crippen LogP contribution is 2.37. The molecule has 3 aromatic rings. The van der Waals surface area contributed by atoms with Crippen LogP contribution in [0.4, 0.5) is 0 Å². The molecular formula is C24H21ClNO4+. The van der Waals surface area contributed by atoms with E-state index in [0.29, 0.717) is 34.9 Å². The lowest BCUT2D eigenvalue weighted by Gasteiger charge is -2.22. The number of carbonyl (C=O) groups is 1. The lowest BCUT2D eigenvalue weighted by atomic mass is 9.98. The van der Waals surface area contributed by atoms with Gasteiger partial charge in [-0.3, -0.25) is 4.79 Å². The summed E-state index contributed by atoms with van der Waals surface area (Å²) in [5.41, 5.74) is 3.18. The third-order valence-electron chi connectivity index (χ3n) is 5.01. The smallest absolute Gasteiger partial charge is 0.228 e. The Kier molecular flexibility index (Phi) is 5.72. The molecule has 1 aromatic heterocycles. The summed E-state index contributed by atoms with van der Waals surface area (Å²) in [5, 5.41) is 0.739. The molecule has 5 nitrogen and oxygen atoms in total. The summed E-state index contributed by atoms with van der Waals surface area (Å²) in [6.07, 6.45) is 5.65. The Morgan fingerprint density at radius 3 is 2.53 bits per heavy atom. The summed E-state index contributed by atoms with van der Waals surface area (Å²) in [6, 6.07) is 15.1. The van der Waals surface area contributed by atoms with Crippen molar-refractivity contribution in [3.05, 3.63) is 94.0 Å². The van der Waals surface area contributed by atoms with E-state index in [9.17, 15) is 4.79 Å². The molecule has 152 valence electrons. The minimum Gasteiger partial charge on any atom is -0.493 e. The van der Waals surface area contributed by atoms with Crippen LogP contribution in [-0.4, -0.2) is 20.0 Å².